The highest BCUT2D eigenvalue weighted by atomic mass is 32.1. The zero-order valence-electron chi connectivity index (χ0n) is 15.7. The van der Waals surface area contributed by atoms with E-state index in [1.54, 1.807) is 0 Å². The molecule has 1 aromatic heterocycles. The Bertz CT molecular complexity index is 896. The van der Waals surface area contributed by atoms with E-state index in [0.29, 0.717) is 6.04 Å². The summed E-state index contributed by atoms with van der Waals surface area (Å²) in [6, 6.07) is 19.9. The third kappa shape index (κ3) is 4.42. The first-order chi connectivity index (χ1) is 13.3. The predicted octanol–water partition coefficient (Wildman–Crippen LogP) is 4.24. The first-order valence-electron chi connectivity index (χ1n) is 9.55. The second-order valence-electron chi connectivity index (χ2n) is 6.96. The molecule has 4 nitrogen and oxygen atoms in total. The molecule has 0 radical (unpaired) electrons. The van der Waals surface area contributed by atoms with Crippen LogP contribution in [0.4, 0.5) is 5.00 Å². The molecule has 0 spiro atoms. The molecule has 0 atom stereocenters. The topological polar surface area (TPSA) is 39.7 Å². The van der Waals surface area contributed by atoms with Crippen molar-refractivity contribution in [1.29, 1.82) is 0 Å². The highest BCUT2D eigenvalue weighted by molar-refractivity contribution is 7.14. The van der Waals surface area contributed by atoms with Crippen LogP contribution >= 0.6 is 11.3 Å². The number of hydrogen-bond donors (Lipinski definition) is 2. The van der Waals surface area contributed by atoms with Gasteiger partial charge in [-0.25, -0.2) is 0 Å². The fourth-order valence-electron chi connectivity index (χ4n) is 3.62. The van der Waals surface area contributed by atoms with Gasteiger partial charge in [0.25, 0.3) is 0 Å². The molecule has 0 amide bonds. The fourth-order valence-corrected chi connectivity index (χ4v) is 4.40. The molecule has 0 aliphatic carbocycles. The van der Waals surface area contributed by atoms with Crippen molar-refractivity contribution in [2.24, 2.45) is 4.99 Å². The van der Waals surface area contributed by atoms with E-state index in [-0.39, 0.29) is 0 Å². The van der Waals surface area contributed by atoms with Gasteiger partial charge in [-0.05, 0) is 52.8 Å². The van der Waals surface area contributed by atoms with Crippen LogP contribution in [0.2, 0.25) is 0 Å². The van der Waals surface area contributed by atoms with Gasteiger partial charge in [0.15, 0.2) is 5.96 Å². The number of nitrogens with zero attached hydrogens (tertiary/aromatic N) is 2. The van der Waals surface area contributed by atoms with Crippen LogP contribution < -0.4 is 15.5 Å². The zero-order chi connectivity index (χ0) is 18.5. The summed E-state index contributed by atoms with van der Waals surface area (Å²) in [5.41, 5.74) is 1.27. The molecule has 0 unspecified atom stereocenters. The molecule has 1 fully saturated rings. The lowest BCUT2D eigenvalue weighted by Crippen LogP contribution is -2.48. The van der Waals surface area contributed by atoms with Crippen molar-refractivity contribution >= 4 is 33.1 Å². The quantitative estimate of drug-likeness (QED) is 0.527. The normalized spacial score (nSPS) is 15.9. The second kappa shape index (κ2) is 8.44. The minimum Gasteiger partial charge on any atom is -0.363 e. The summed E-state index contributed by atoms with van der Waals surface area (Å²) in [6.07, 6.45) is 2.27. The largest absolute Gasteiger partial charge is 0.363 e. The average molecular weight is 379 g/mol. The highest BCUT2D eigenvalue weighted by Gasteiger charge is 2.20. The predicted molar refractivity (Wildman–Crippen MR) is 117 cm³/mol. The van der Waals surface area contributed by atoms with Crippen LogP contribution in [-0.2, 0) is 6.54 Å². The van der Waals surface area contributed by atoms with Gasteiger partial charge in [0, 0.05) is 32.7 Å². The van der Waals surface area contributed by atoms with Crippen LogP contribution in [0.25, 0.3) is 10.8 Å². The molecule has 0 saturated carbocycles. The molecule has 0 bridgehead atoms. The van der Waals surface area contributed by atoms with Crippen molar-refractivity contribution in [1.82, 2.24) is 10.6 Å². The maximum atomic E-state index is 4.41. The average Bonchev–Trinajstić information content (AvgIpc) is 3.26. The van der Waals surface area contributed by atoms with Crippen molar-refractivity contribution in [3.8, 4) is 0 Å². The molecule has 140 valence electrons. The van der Waals surface area contributed by atoms with Gasteiger partial charge >= 0.3 is 0 Å². The molecular formula is C22H26N4S. The van der Waals surface area contributed by atoms with Gasteiger partial charge in [0.1, 0.15) is 0 Å². The van der Waals surface area contributed by atoms with Crippen molar-refractivity contribution in [2.75, 3.05) is 25.0 Å². The molecular weight excluding hydrogens is 352 g/mol. The lowest BCUT2D eigenvalue weighted by atomic mass is 10.1. The number of nitrogens with one attached hydrogen (secondary N) is 2. The Morgan fingerprint density at radius 1 is 1.07 bits per heavy atom. The van der Waals surface area contributed by atoms with Crippen molar-refractivity contribution < 1.29 is 0 Å². The van der Waals surface area contributed by atoms with Crippen LogP contribution in [0.15, 0.2) is 65.0 Å². The van der Waals surface area contributed by atoms with Gasteiger partial charge in [-0.1, -0.05) is 36.4 Å². The van der Waals surface area contributed by atoms with Gasteiger partial charge in [-0.3, -0.25) is 4.99 Å². The Balaban J connectivity index is 1.29. The van der Waals surface area contributed by atoms with E-state index in [9.17, 15) is 0 Å². The maximum Gasteiger partial charge on any atom is 0.191 e. The number of benzene rings is 2. The SMILES string of the molecule is CN=C(NCc1ccc2ccccc2c1)NC1CCN(c2cccs2)CC1. The van der Waals surface area contributed by atoms with Gasteiger partial charge in [0.2, 0.25) is 0 Å². The van der Waals surface area contributed by atoms with E-state index >= 15 is 0 Å². The molecule has 1 aliphatic rings. The standard InChI is InChI=1S/C22H26N4S/c1-23-22(24-16-17-8-9-18-5-2-3-6-19(18)15-17)25-20-10-12-26(13-11-20)21-7-4-14-27-21/h2-9,14-15,20H,10-13,16H2,1H3,(H2,23,24,25). The van der Waals surface area contributed by atoms with E-state index in [2.05, 4.69) is 80.5 Å². The van der Waals surface area contributed by atoms with Gasteiger partial charge in [0.05, 0.1) is 5.00 Å². The van der Waals surface area contributed by atoms with Gasteiger partial charge < -0.3 is 15.5 Å². The third-order valence-corrected chi connectivity index (χ3v) is 6.08. The minimum atomic E-state index is 0.476. The van der Waals surface area contributed by atoms with Crippen LogP contribution in [0, 0.1) is 0 Å². The molecule has 2 heterocycles. The summed E-state index contributed by atoms with van der Waals surface area (Å²) in [6.45, 7) is 2.97. The monoisotopic (exact) mass is 378 g/mol. The fraction of sp³-hybridized carbons (Fsp3) is 0.318. The zero-order valence-corrected chi connectivity index (χ0v) is 16.5. The second-order valence-corrected chi connectivity index (χ2v) is 7.89. The summed E-state index contributed by atoms with van der Waals surface area (Å²) in [5.74, 6) is 0.887. The molecule has 2 N–H and O–H groups in total. The Hall–Kier alpha value is -2.53. The molecule has 1 saturated heterocycles. The lowest BCUT2D eigenvalue weighted by Gasteiger charge is -2.33. The highest BCUT2D eigenvalue weighted by Crippen LogP contribution is 2.24. The van der Waals surface area contributed by atoms with Crippen LogP contribution in [-0.4, -0.2) is 32.1 Å². The summed E-state index contributed by atoms with van der Waals surface area (Å²) in [7, 11) is 1.84. The number of hydrogen-bond acceptors (Lipinski definition) is 3. The van der Waals surface area contributed by atoms with Crippen LogP contribution in [0.5, 0.6) is 0 Å². The van der Waals surface area contributed by atoms with E-state index in [1.165, 1.54) is 21.3 Å². The van der Waals surface area contributed by atoms with Gasteiger partial charge in [-0.15, -0.1) is 11.3 Å². The first kappa shape index (κ1) is 17.9. The first-order valence-corrected chi connectivity index (χ1v) is 10.4. The Kier molecular flexibility index (Phi) is 5.58. The molecule has 4 rings (SSSR count). The van der Waals surface area contributed by atoms with Gasteiger partial charge in [-0.2, -0.15) is 0 Å². The number of thiophene rings is 1. The molecule has 1 aliphatic heterocycles. The number of rotatable bonds is 4. The smallest absolute Gasteiger partial charge is 0.191 e. The van der Waals surface area contributed by atoms with E-state index in [1.807, 2.05) is 18.4 Å². The molecule has 3 aromatic rings. The number of aliphatic imine (C=N–C) groups is 1. The van der Waals surface area contributed by atoms with Crippen LogP contribution in [0.3, 0.4) is 0 Å². The summed E-state index contributed by atoms with van der Waals surface area (Å²) >= 11 is 1.82. The van der Waals surface area contributed by atoms with E-state index in [4.69, 9.17) is 0 Å². The minimum absolute atomic E-state index is 0.476. The Labute approximate surface area is 164 Å². The Morgan fingerprint density at radius 3 is 2.63 bits per heavy atom. The molecule has 27 heavy (non-hydrogen) atoms. The number of fused-ring (bicyclic) bond motifs is 1. The lowest BCUT2D eigenvalue weighted by molar-refractivity contribution is 0.463. The summed E-state index contributed by atoms with van der Waals surface area (Å²) in [4.78, 5) is 6.89. The summed E-state index contributed by atoms with van der Waals surface area (Å²) in [5, 5.41) is 13.1. The van der Waals surface area contributed by atoms with Crippen molar-refractivity contribution in [3.63, 3.8) is 0 Å². The van der Waals surface area contributed by atoms with Crippen molar-refractivity contribution in [2.45, 2.75) is 25.4 Å². The number of anilines is 1. The number of guanidine groups is 1. The van der Waals surface area contributed by atoms with Crippen LogP contribution in [0.1, 0.15) is 18.4 Å². The molecule has 2 aromatic carbocycles. The Morgan fingerprint density at radius 2 is 1.89 bits per heavy atom. The van der Waals surface area contributed by atoms with E-state index < -0.39 is 0 Å². The maximum absolute atomic E-state index is 4.41. The third-order valence-electron chi connectivity index (χ3n) is 5.15. The summed E-state index contributed by atoms with van der Waals surface area (Å²) < 4.78 is 0. The molecule has 5 heteroatoms. The number of piperidine rings is 1. The van der Waals surface area contributed by atoms with Crippen molar-refractivity contribution in [3.05, 3.63) is 65.5 Å². The van der Waals surface area contributed by atoms with E-state index in [0.717, 1.165) is 38.4 Å².